The number of carboxylic acid groups (broad SMARTS) is 1. The van der Waals surface area contributed by atoms with Crippen molar-refractivity contribution in [3.63, 3.8) is 0 Å². The first-order valence-electron chi connectivity index (χ1n) is 8.55. The zero-order valence-electron chi connectivity index (χ0n) is 14.7. The molecular formula is C21H24O4. The van der Waals surface area contributed by atoms with Crippen molar-refractivity contribution >= 4 is 12.0 Å². The molecule has 0 aromatic heterocycles. The number of ether oxygens (including phenoxy) is 2. The van der Waals surface area contributed by atoms with Crippen LogP contribution in [0.25, 0.3) is 17.2 Å². The van der Waals surface area contributed by atoms with Crippen LogP contribution in [-0.4, -0.2) is 24.3 Å². The van der Waals surface area contributed by atoms with Gasteiger partial charge in [-0.25, -0.2) is 4.79 Å². The zero-order chi connectivity index (χ0) is 18.1. The van der Waals surface area contributed by atoms with Gasteiger partial charge in [0, 0.05) is 6.08 Å². The largest absolute Gasteiger partial charge is 0.490 e. The molecule has 0 bridgehead atoms. The van der Waals surface area contributed by atoms with Crippen LogP contribution in [0.3, 0.4) is 0 Å². The summed E-state index contributed by atoms with van der Waals surface area (Å²) >= 11 is 0. The summed E-state index contributed by atoms with van der Waals surface area (Å²) in [6, 6.07) is 13.6. The highest BCUT2D eigenvalue weighted by molar-refractivity contribution is 5.85. The fourth-order valence-electron chi connectivity index (χ4n) is 2.33. The van der Waals surface area contributed by atoms with Gasteiger partial charge < -0.3 is 14.6 Å². The first kappa shape index (κ1) is 18.6. The molecule has 132 valence electrons. The van der Waals surface area contributed by atoms with Crippen LogP contribution in [-0.2, 0) is 4.79 Å². The van der Waals surface area contributed by atoms with Crippen LogP contribution in [0.4, 0.5) is 0 Å². The Morgan fingerprint density at radius 3 is 2.32 bits per heavy atom. The number of hydrogen-bond donors (Lipinski definition) is 1. The van der Waals surface area contributed by atoms with Gasteiger partial charge in [0.2, 0.25) is 0 Å². The van der Waals surface area contributed by atoms with Gasteiger partial charge in [-0.05, 0) is 53.8 Å². The summed E-state index contributed by atoms with van der Waals surface area (Å²) in [5.74, 6) is 0.526. The summed E-state index contributed by atoms with van der Waals surface area (Å²) in [5, 5.41) is 8.76. The van der Waals surface area contributed by atoms with Gasteiger partial charge in [-0.15, -0.1) is 0 Å². The lowest BCUT2D eigenvalue weighted by atomic mass is 10.0. The first-order chi connectivity index (χ1) is 12.1. The molecule has 4 nitrogen and oxygen atoms in total. The van der Waals surface area contributed by atoms with E-state index in [2.05, 4.69) is 13.8 Å². The van der Waals surface area contributed by atoms with Crippen molar-refractivity contribution in [1.82, 2.24) is 0 Å². The highest BCUT2D eigenvalue weighted by Crippen LogP contribution is 2.33. The van der Waals surface area contributed by atoms with E-state index in [1.165, 1.54) is 0 Å². The molecule has 0 saturated carbocycles. The number of aliphatic carboxylic acids is 1. The predicted octanol–water partition coefficient (Wildman–Crippen LogP) is 5.03. The third-order valence-corrected chi connectivity index (χ3v) is 3.51. The first-order valence-corrected chi connectivity index (χ1v) is 8.55. The van der Waals surface area contributed by atoms with Crippen molar-refractivity contribution in [2.45, 2.75) is 26.7 Å². The number of rotatable bonds is 9. The van der Waals surface area contributed by atoms with E-state index in [1.54, 1.807) is 6.08 Å². The zero-order valence-corrected chi connectivity index (χ0v) is 14.7. The Labute approximate surface area is 148 Å². The van der Waals surface area contributed by atoms with Crippen molar-refractivity contribution in [3.8, 4) is 22.6 Å². The lowest BCUT2D eigenvalue weighted by Crippen LogP contribution is -2.01. The van der Waals surface area contributed by atoms with Gasteiger partial charge in [0.1, 0.15) is 0 Å². The summed E-state index contributed by atoms with van der Waals surface area (Å²) in [4.78, 5) is 10.7. The molecule has 0 saturated heterocycles. The maximum Gasteiger partial charge on any atom is 0.328 e. The van der Waals surface area contributed by atoms with E-state index < -0.39 is 5.97 Å². The molecular weight excluding hydrogens is 316 g/mol. The summed E-state index contributed by atoms with van der Waals surface area (Å²) in [7, 11) is 0. The second-order valence-corrected chi connectivity index (χ2v) is 5.66. The van der Waals surface area contributed by atoms with Crippen molar-refractivity contribution in [2.75, 3.05) is 13.2 Å². The smallest absolute Gasteiger partial charge is 0.328 e. The van der Waals surface area contributed by atoms with Gasteiger partial charge in [0.15, 0.2) is 11.5 Å². The maximum atomic E-state index is 10.7. The van der Waals surface area contributed by atoms with E-state index in [4.69, 9.17) is 14.6 Å². The van der Waals surface area contributed by atoms with E-state index in [1.807, 2.05) is 42.5 Å². The van der Waals surface area contributed by atoms with Crippen molar-refractivity contribution in [1.29, 1.82) is 0 Å². The molecule has 0 aliphatic rings. The maximum absolute atomic E-state index is 10.7. The fraction of sp³-hybridized carbons (Fsp3) is 0.286. The summed E-state index contributed by atoms with van der Waals surface area (Å²) in [6.07, 6.45) is 4.58. The number of hydrogen-bond acceptors (Lipinski definition) is 3. The molecule has 1 N–H and O–H groups in total. The molecule has 25 heavy (non-hydrogen) atoms. The minimum Gasteiger partial charge on any atom is -0.490 e. The Morgan fingerprint density at radius 2 is 1.64 bits per heavy atom. The Balaban J connectivity index is 2.31. The molecule has 0 heterocycles. The van der Waals surface area contributed by atoms with Crippen LogP contribution in [0, 0.1) is 0 Å². The Kier molecular flexibility index (Phi) is 7.08. The quantitative estimate of drug-likeness (QED) is 0.651. The van der Waals surface area contributed by atoms with Gasteiger partial charge in [0.05, 0.1) is 13.2 Å². The summed E-state index contributed by atoms with van der Waals surface area (Å²) in [5.41, 5.74) is 2.83. The molecule has 4 heteroatoms. The van der Waals surface area contributed by atoms with Gasteiger partial charge in [-0.2, -0.15) is 0 Å². The molecule has 0 unspecified atom stereocenters. The van der Waals surface area contributed by atoms with Gasteiger partial charge in [-0.1, -0.05) is 38.1 Å². The van der Waals surface area contributed by atoms with E-state index in [0.717, 1.165) is 47.1 Å². The normalized spacial score (nSPS) is 10.8. The van der Waals surface area contributed by atoms with E-state index >= 15 is 0 Å². The van der Waals surface area contributed by atoms with Crippen LogP contribution in [0.1, 0.15) is 32.3 Å². The lowest BCUT2D eigenvalue weighted by Gasteiger charge is -2.14. The highest BCUT2D eigenvalue weighted by Gasteiger charge is 2.08. The average molecular weight is 340 g/mol. The average Bonchev–Trinajstić information content (AvgIpc) is 2.63. The van der Waals surface area contributed by atoms with E-state index in [-0.39, 0.29) is 0 Å². The van der Waals surface area contributed by atoms with Crippen LogP contribution in [0.2, 0.25) is 0 Å². The van der Waals surface area contributed by atoms with Crippen molar-refractivity contribution in [2.24, 2.45) is 0 Å². The number of benzene rings is 2. The Bertz CT molecular complexity index is 734. The fourth-order valence-corrected chi connectivity index (χ4v) is 2.33. The number of carbonyl (C=O) groups is 1. The van der Waals surface area contributed by atoms with Crippen LogP contribution < -0.4 is 9.47 Å². The van der Waals surface area contributed by atoms with Crippen LogP contribution >= 0.6 is 0 Å². The third-order valence-electron chi connectivity index (χ3n) is 3.51. The van der Waals surface area contributed by atoms with Crippen molar-refractivity contribution < 1.29 is 19.4 Å². The molecule has 0 aliphatic carbocycles. The molecule has 2 aromatic rings. The van der Waals surface area contributed by atoms with Gasteiger partial charge >= 0.3 is 5.97 Å². The predicted molar refractivity (Wildman–Crippen MR) is 100 cm³/mol. The lowest BCUT2D eigenvalue weighted by molar-refractivity contribution is -0.131. The molecule has 0 fully saturated rings. The number of carboxylic acids is 1. The highest BCUT2D eigenvalue weighted by atomic mass is 16.5. The minimum absolute atomic E-state index is 0.632. The van der Waals surface area contributed by atoms with Crippen LogP contribution in [0.5, 0.6) is 11.5 Å². The molecule has 0 radical (unpaired) electrons. The minimum atomic E-state index is -0.960. The second kappa shape index (κ2) is 9.52. The van der Waals surface area contributed by atoms with Gasteiger partial charge in [0.25, 0.3) is 0 Å². The summed E-state index contributed by atoms with van der Waals surface area (Å²) in [6.45, 7) is 5.41. The van der Waals surface area contributed by atoms with Crippen LogP contribution in [0.15, 0.2) is 48.5 Å². The Morgan fingerprint density at radius 1 is 0.960 bits per heavy atom. The monoisotopic (exact) mass is 340 g/mol. The standard InChI is InChI=1S/C21H24O4/c1-3-12-24-19-10-9-18(15-20(19)25-13-4-2)17-7-5-6-16(14-17)8-11-21(22)23/h5-11,14-15H,3-4,12-13H2,1-2H3,(H,22,23). The Hall–Kier alpha value is -2.75. The van der Waals surface area contributed by atoms with Crippen molar-refractivity contribution in [3.05, 3.63) is 54.1 Å². The SMILES string of the molecule is CCCOc1ccc(-c2cccc(C=CC(=O)O)c2)cc1OCCC. The third kappa shape index (κ3) is 5.68. The van der Waals surface area contributed by atoms with E-state index in [0.29, 0.717) is 13.2 Å². The molecule has 0 aliphatic heterocycles. The molecule has 0 spiro atoms. The summed E-state index contributed by atoms with van der Waals surface area (Å²) < 4.78 is 11.6. The van der Waals surface area contributed by atoms with E-state index in [9.17, 15) is 4.79 Å². The van der Waals surface area contributed by atoms with Gasteiger partial charge in [-0.3, -0.25) is 0 Å². The molecule has 2 rings (SSSR count). The molecule has 0 amide bonds. The molecule has 2 aromatic carbocycles. The second-order valence-electron chi connectivity index (χ2n) is 5.66. The topological polar surface area (TPSA) is 55.8 Å². The molecule has 0 atom stereocenters.